The molecule has 2 aliphatic rings. The number of fused-ring (bicyclic) bond motifs is 1. The number of rotatable bonds is 5. The van der Waals surface area contributed by atoms with Crippen molar-refractivity contribution in [1.29, 1.82) is 0 Å². The van der Waals surface area contributed by atoms with Gasteiger partial charge in [0.2, 0.25) is 11.8 Å². The number of anilines is 2. The van der Waals surface area contributed by atoms with Gasteiger partial charge in [0.15, 0.2) is 0 Å². The molecule has 6 heteroatoms. The van der Waals surface area contributed by atoms with Gasteiger partial charge in [-0.05, 0) is 55.0 Å². The summed E-state index contributed by atoms with van der Waals surface area (Å²) in [4.78, 5) is 37.6. The van der Waals surface area contributed by atoms with Crippen LogP contribution in [-0.4, -0.2) is 54.4 Å². The van der Waals surface area contributed by atoms with Gasteiger partial charge in [0.1, 0.15) is 5.82 Å². The van der Waals surface area contributed by atoms with E-state index in [1.807, 2.05) is 9.80 Å². The molecule has 5 rings (SSSR count). The van der Waals surface area contributed by atoms with E-state index in [0.29, 0.717) is 26.1 Å². The Balaban J connectivity index is 1.27. The molecule has 1 unspecified atom stereocenters. The number of aryl methyl sites for hydroxylation is 4. The van der Waals surface area contributed by atoms with E-state index in [0.717, 1.165) is 43.0 Å². The fourth-order valence-electron chi connectivity index (χ4n) is 5.77. The SMILES string of the molecule is CCc1cccc(CC)c1N1CC(C(=O)N2CCN(c3cc(C)c4cccc(C)c4n3)CC2)CC1=O. The zero-order valence-corrected chi connectivity index (χ0v) is 21.9. The van der Waals surface area contributed by atoms with Gasteiger partial charge in [-0.15, -0.1) is 0 Å². The molecule has 2 amide bonds. The highest BCUT2D eigenvalue weighted by atomic mass is 16.2. The predicted molar refractivity (Wildman–Crippen MR) is 146 cm³/mol. The largest absolute Gasteiger partial charge is 0.353 e. The number of para-hydroxylation sites is 2. The van der Waals surface area contributed by atoms with Crippen molar-refractivity contribution in [3.63, 3.8) is 0 Å². The number of hydrogen-bond donors (Lipinski definition) is 0. The number of carbonyl (C=O) groups excluding carboxylic acids is 2. The van der Waals surface area contributed by atoms with Gasteiger partial charge < -0.3 is 14.7 Å². The molecule has 3 aromatic rings. The maximum atomic E-state index is 13.5. The lowest BCUT2D eigenvalue weighted by Crippen LogP contribution is -2.51. The second-order valence-electron chi connectivity index (χ2n) is 10.1. The second-order valence-corrected chi connectivity index (χ2v) is 10.1. The number of amides is 2. The zero-order chi connectivity index (χ0) is 25.4. The first kappa shape index (κ1) is 24.3. The maximum absolute atomic E-state index is 13.5. The van der Waals surface area contributed by atoms with Gasteiger partial charge >= 0.3 is 0 Å². The number of hydrogen-bond acceptors (Lipinski definition) is 4. The number of benzene rings is 2. The molecule has 0 saturated carbocycles. The lowest BCUT2D eigenvalue weighted by atomic mass is 10.0. The third-order valence-electron chi connectivity index (χ3n) is 7.86. The molecule has 2 saturated heterocycles. The molecule has 1 aromatic heterocycles. The van der Waals surface area contributed by atoms with E-state index in [1.54, 1.807) is 0 Å². The molecule has 0 N–H and O–H groups in total. The predicted octanol–water partition coefficient (Wildman–Crippen LogP) is 4.68. The smallest absolute Gasteiger partial charge is 0.228 e. The number of carbonyl (C=O) groups is 2. The average Bonchev–Trinajstić information content (AvgIpc) is 3.29. The Morgan fingerprint density at radius 1 is 0.944 bits per heavy atom. The highest BCUT2D eigenvalue weighted by Crippen LogP contribution is 2.33. The minimum atomic E-state index is -0.276. The molecule has 36 heavy (non-hydrogen) atoms. The molecular formula is C30H36N4O2. The third-order valence-corrected chi connectivity index (χ3v) is 7.86. The van der Waals surface area contributed by atoms with E-state index in [-0.39, 0.29) is 17.7 Å². The molecule has 2 aromatic carbocycles. The Labute approximate surface area is 213 Å². The van der Waals surface area contributed by atoms with E-state index in [9.17, 15) is 9.59 Å². The van der Waals surface area contributed by atoms with Gasteiger partial charge in [-0.1, -0.05) is 50.2 Å². The maximum Gasteiger partial charge on any atom is 0.228 e. The summed E-state index contributed by atoms with van der Waals surface area (Å²) in [5.74, 6) is 0.874. The summed E-state index contributed by atoms with van der Waals surface area (Å²) in [7, 11) is 0. The van der Waals surface area contributed by atoms with Crippen molar-refractivity contribution >= 4 is 34.2 Å². The molecular weight excluding hydrogens is 448 g/mol. The Bertz CT molecular complexity index is 1290. The highest BCUT2D eigenvalue weighted by molar-refractivity contribution is 6.01. The molecule has 0 aliphatic carbocycles. The molecule has 1 atom stereocenters. The summed E-state index contributed by atoms with van der Waals surface area (Å²) < 4.78 is 0. The van der Waals surface area contributed by atoms with Crippen LogP contribution in [0.3, 0.4) is 0 Å². The average molecular weight is 485 g/mol. The van der Waals surface area contributed by atoms with Gasteiger partial charge in [0.25, 0.3) is 0 Å². The topological polar surface area (TPSA) is 56.8 Å². The first-order valence-corrected chi connectivity index (χ1v) is 13.2. The van der Waals surface area contributed by atoms with E-state index in [2.05, 4.69) is 75.1 Å². The third kappa shape index (κ3) is 4.34. The van der Waals surface area contributed by atoms with Crippen molar-refractivity contribution in [3.8, 4) is 0 Å². The monoisotopic (exact) mass is 484 g/mol. The lowest BCUT2D eigenvalue weighted by Gasteiger charge is -2.36. The van der Waals surface area contributed by atoms with Crippen LogP contribution in [0.2, 0.25) is 0 Å². The van der Waals surface area contributed by atoms with Crippen LogP contribution in [0.1, 0.15) is 42.5 Å². The van der Waals surface area contributed by atoms with Gasteiger partial charge in [-0.25, -0.2) is 4.98 Å². The van der Waals surface area contributed by atoms with Crippen LogP contribution in [-0.2, 0) is 22.4 Å². The fourth-order valence-corrected chi connectivity index (χ4v) is 5.77. The molecule has 0 bridgehead atoms. The summed E-state index contributed by atoms with van der Waals surface area (Å²) in [5, 5.41) is 1.19. The van der Waals surface area contributed by atoms with Gasteiger partial charge in [0, 0.05) is 50.2 Å². The van der Waals surface area contributed by atoms with E-state index >= 15 is 0 Å². The number of aromatic nitrogens is 1. The normalized spacial score (nSPS) is 18.4. The van der Waals surface area contributed by atoms with Crippen molar-refractivity contribution in [3.05, 3.63) is 64.7 Å². The number of nitrogens with zero attached hydrogens (tertiary/aromatic N) is 4. The van der Waals surface area contributed by atoms with Crippen LogP contribution >= 0.6 is 0 Å². The van der Waals surface area contributed by atoms with Crippen LogP contribution in [0, 0.1) is 19.8 Å². The molecule has 2 aliphatic heterocycles. The van der Waals surface area contributed by atoms with E-state index in [1.165, 1.54) is 27.6 Å². The molecule has 2 fully saturated rings. The summed E-state index contributed by atoms with van der Waals surface area (Å²) in [6.45, 7) is 11.8. The van der Waals surface area contributed by atoms with Crippen molar-refractivity contribution in [2.45, 2.75) is 47.0 Å². The minimum Gasteiger partial charge on any atom is -0.353 e. The van der Waals surface area contributed by atoms with Crippen LogP contribution in [0.25, 0.3) is 10.9 Å². The summed E-state index contributed by atoms with van der Waals surface area (Å²) in [5.41, 5.74) is 6.84. The quantitative estimate of drug-likeness (QED) is 0.528. The standard InChI is InChI=1S/C30H36N4O2/c1-5-22-10-8-11-23(6-2)29(22)34-19-24(18-27(34)35)30(36)33-15-13-32(14-16-33)26-17-21(4)25-12-7-9-20(3)28(25)31-26/h7-12,17,24H,5-6,13-16,18-19H2,1-4H3. The van der Waals surface area contributed by atoms with Gasteiger partial charge in [0.05, 0.1) is 11.4 Å². The molecule has 6 nitrogen and oxygen atoms in total. The Kier molecular flexibility index (Phi) is 6.69. The number of piperazine rings is 1. The Hall–Kier alpha value is -3.41. The van der Waals surface area contributed by atoms with Crippen molar-refractivity contribution < 1.29 is 9.59 Å². The fraction of sp³-hybridized carbons (Fsp3) is 0.433. The minimum absolute atomic E-state index is 0.0637. The summed E-state index contributed by atoms with van der Waals surface area (Å²) in [6.07, 6.45) is 2.04. The van der Waals surface area contributed by atoms with E-state index in [4.69, 9.17) is 4.98 Å². The number of pyridine rings is 1. The highest BCUT2D eigenvalue weighted by Gasteiger charge is 2.39. The van der Waals surface area contributed by atoms with Crippen molar-refractivity contribution in [2.75, 3.05) is 42.5 Å². The van der Waals surface area contributed by atoms with Crippen molar-refractivity contribution in [2.24, 2.45) is 5.92 Å². The van der Waals surface area contributed by atoms with Gasteiger partial charge in [-0.2, -0.15) is 0 Å². The second kappa shape index (κ2) is 9.92. The van der Waals surface area contributed by atoms with Gasteiger partial charge in [-0.3, -0.25) is 9.59 Å². The van der Waals surface area contributed by atoms with E-state index < -0.39 is 0 Å². The van der Waals surface area contributed by atoms with Crippen LogP contribution in [0.5, 0.6) is 0 Å². The molecule has 188 valence electrons. The molecule has 0 radical (unpaired) electrons. The molecule has 3 heterocycles. The van der Waals surface area contributed by atoms with Crippen LogP contribution < -0.4 is 9.80 Å². The van der Waals surface area contributed by atoms with Crippen LogP contribution in [0.15, 0.2) is 42.5 Å². The van der Waals surface area contributed by atoms with Crippen LogP contribution in [0.4, 0.5) is 11.5 Å². The first-order valence-electron chi connectivity index (χ1n) is 13.2. The summed E-state index contributed by atoms with van der Waals surface area (Å²) in [6, 6.07) is 14.7. The zero-order valence-electron chi connectivity index (χ0n) is 21.9. The first-order chi connectivity index (χ1) is 17.4. The molecule has 0 spiro atoms. The van der Waals surface area contributed by atoms with Crippen molar-refractivity contribution in [1.82, 2.24) is 9.88 Å². The Morgan fingerprint density at radius 3 is 2.28 bits per heavy atom. The Morgan fingerprint density at radius 2 is 1.61 bits per heavy atom. The lowest BCUT2D eigenvalue weighted by molar-refractivity contribution is -0.136. The summed E-state index contributed by atoms with van der Waals surface area (Å²) >= 11 is 0.